The molecule has 2 rings (SSSR count). The second kappa shape index (κ2) is 5.01. The monoisotopic (exact) mass is 266 g/mol. The number of benzene rings is 1. The van der Waals surface area contributed by atoms with Crippen LogP contribution in [0.3, 0.4) is 0 Å². The van der Waals surface area contributed by atoms with Gasteiger partial charge in [-0.15, -0.1) is 0 Å². The topological polar surface area (TPSA) is 62.2 Å². The van der Waals surface area contributed by atoms with Gasteiger partial charge in [0.2, 0.25) is 0 Å². The number of halogens is 2. The lowest BCUT2D eigenvalue weighted by Gasteiger charge is -2.10. The maximum Gasteiger partial charge on any atom is 0.337 e. The predicted octanol–water partition coefficient (Wildman–Crippen LogP) is 3.32. The summed E-state index contributed by atoms with van der Waals surface area (Å²) < 4.78 is 13.1. The Morgan fingerprint density at radius 3 is 2.83 bits per heavy atom. The van der Waals surface area contributed by atoms with Crippen molar-refractivity contribution < 1.29 is 14.3 Å². The zero-order chi connectivity index (χ0) is 13.1. The van der Waals surface area contributed by atoms with Crippen molar-refractivity contribution in [3.8, 4) is 0 Å². The summed E-state index contributed by atoms with van der Waals surface area (Å²) >= 11 is 5.88. The molecule has 1 aromatic carbocycles. The molecule has 18 heavy (non-hydrogen) atoms. The van der Waals surface area contributed by atoms with Gasteiger partial charge in [-0.05, 0) is 24.3 Å². The van der Waals surface area contributed by atoms with E-state index in [1.54, 1.807) is 0 Å². The molecule has 4 nitrogen and oxygen atoms in total. The van der Waals surface area contributed by atoms with Gasteiger partial charge in [0.15, 0.2) is 0 Å². The highest BCUT2D eigenvalue weighted by Crippen LogP contribution is 2.27. The Hall–Kier alpha value is -2.14. The number of rotatable bonds is 3. The molecule has 0 aliphatic carbocycles. The molecule has 0 aliphatic heterocycles. The van der Waals surface area contributed by atoms with Crippen LogP contribution in [0.2, 0.25) is 5.02 Å². The molecule has 1 aromatic heterocycles. The van der Waals surface area contributed by atoms with Crippen LogP contribution in [0, 0.1) is 5.82 Å². The number of carboxylic acids is 1. The van der Waals surface area contributed by atoms with Crippen molar-refractivity contribution in [1.29, 1.82) is 0 Å². The molecular weight excluding hydrogens is 259 g/mol. The van der Waals surface area contributed by atoms with Crippen LogP contribution < -0.4 is 5.32 Å². The number of anilines is 2. The summed E-state index contributed by atoms with van der Waals surface area (Å²) in [6, 6.07) is 5.13. The molecule has 0 fully saturated rings. The van der Waals surface area contributed by atoms with E-state index in [0.29, 0.717) is 0 Å². The molecule has 0 unspecified atom stereocenters. The van der Waals surface area contributed by atoms with Gasteiger partial charge in [0.25, 0.3) is 0 Å². The minimum atomic E-state index is -1.10. The summed E-state index contributed by atoms with van der Waals surface area (Å²) in [7, 11) is 0. The number of nitrogens with zero attached hydrogens (tertiary/aromatic N) is 1. The van der Waals surface area contributed by atoms with Crippen molar-refractivity contribution in [1.82, 2.24) is 4.98 Å². The summed E-state index contributed by atoms with van der Waals surface area (Å²) in [4.78, 5) is 14.8. The van der Waals surface area contributed by atoms with Crippen LogP contribution in [-0.4, -0.2) is 16.1 Å². The number of pyridine rings is 1. The molecule has 0 spiro atoms. The minimum Gasteiger partial charge on any atom is -0.478 e. The van der Waals surface area contributed by atoms with Gasteiger partial charge < -0.3 is 10.4 Å². The van der Waals surface area contributed by atoms with Gasteiger partial charge in [-0.2, -0.15) is 0 Å². The lowest BCUT2D eigenvalue weighted by Crippen LogP contribution is -2.03. The van der Waals surface area contributed by atoms with E-state index < -0.39 is 11.8 Å². The van der Waals surface area contributed by atoms with E-state index in [1.165, 1.54) is 36.7 Å². The highest BCUT2D eigenvalue weighted by atomic mass is 35.5. The Morgan fingerprint density at radius 1 is 1.33 bits per heavy atom. The Labute approximate surface area is 107 Å². The molecule has 0 saturated carbocycles. The van der Waals surface area contributed by atoms with E-state index in [0.717, 1.165) is 0 Å². The first-order chi connectivity index (χ1) is 8.58. The first-order valence-electron chi connectivity index (χ1n) is 4.97. The molecule has 0 aliphatic rings. The second-order valence-corrected chi connectivity index (χ2v) is 3.88. The zero-order valence-electron chi connectivity index (χ0n) is 9.02. The third kappa shape index (κ3) is 2.57. The maximum absolute atomic E-state index is 13.1. The van der Waals surface area contributed by atoms with Gasteiger partial charge in [-0.1, -0.05) is 11.6 Å². The normalized spacial score (nSPS) is 10.1. The number of carbonyl (C=O) groups is 1. The fourth-order valence-electron chi connectivity index (χ4n) is 1.42. The fourth-order valence-corrected chi connectivity index (χ4v) is 1.58. The van der Waals surface area contributed by atoms with Gasteiger partial charge >= 0.3 is 5.97 Å². The maximum atomic E-state index is 13.1. The van der Waals surface area contributed by atoms with Crippen molar-refractivity contribution in [2.24, 2.45) is 0 Å². The molecular formula is C12H8ClFN2O2. The molecule has 92 valence electrons. The highest BCUT2D eigenvalue weighted by molar-refractivity contribution is 6.33. The van der Waals surface area contributed by atoms with E-state index in [-0.39, 0.29) is 22.0 Å². The van der Waals surface area contributed by atoms with Crippen molar-refractivity contribution >= 4 is 28.9 Å². The number of carboxylic acid groups (broad SMARTS) is 1. The van der Waals surface area contributed by atoms with E-state index in [1.807, 2.05) is 0 Å². The first-order valence-corrected chi connectivity index (χ1v) is 5.35. The van der Waals surface area contributed by atoms with Gasteiger partial charge in [-0.25, -0.2) is 9.18 Å². The minimum absolute atomic E-state index is 0.0327. The molecule has 0 amide bonds. The average Bonchev–Trinajstić information content (AvgIpc) is 2.34. The summed E-state index contributed by atoms with van der Waals surface area (Å²) in [6.07, 6.45) is 2.70. The predicted molar refractivity (Wildman–Crippen MR) is 65.9 cm³/mol. The highest BCUT2D eigenvalue weighted by Gasteiger charge is 2.11. The van der Waals surface area contributed by atoms with Gasteiger partial charge in [0, 0.05) is 6.20 Å². The summed E-state index contributed by atoms with van der Waals surface area (Å²) in [6.45, 7) is 0. The standard InChI is InChI=1S/C12H8ClFN2O2/c13-9-2-1-7(14)5-10(9)16-11-6-15-4-3-8(11)12(17)18/h1-6,16H,(H,17,18). The summed E-state index contributed by atoms with van der Waals surface area (Å²) in [5.41, 5.74) is 0.565. The van der Waals surface area contributed by atoms with E-state index in [2.05, 4.69) is 10.3 Å². The van der Waals surface area contributed by atoms with Crippen molar-refractivity contribution in [2.45, 2.75) is 0 Å². The number of hydrogen-bond donors (Lipinski definition) is 2. The molecule has 1 heterocycles. The number of hydrogen-bond acceptors (Lipinski definition) is 3. The van der Waals surface area contributed by atoms with Crippen molar-refractivity contribution in [2.75, 3.05) is 5.32 Å². The number of aromatic carboxylic acids is 1. The zero-order valence-corrected chi connectivity index (χ0v) is 9.78. The van der Waals surface area contributed by atoms with E-state index >= 15 is 0 Å². The van der Waals surface area contributed by atoms with Gasteiger partial charge in [0.05, 0.1) is 28.2 Å². The van der Waals surface area contributed by atoms with Crippen molar-refractivity contribution in [3.63, 3.8) is 0 Å². The molecule has 0 saturated heterocycles. The Kier molecular flexibility index (Phi) is 3.43. The van der Waals surface area contributed by atoms with Crippen LogP contribution in [0.4, 0.5) is 15.8 Å². The summed E-state index contributed by atoms with van der Waals surface area (Å²) in [5.74, 6) is -1.57. The van der Waals surface area contributed by atoms with Gasteiger partial charge in [-0.3, -0.25) is 4.98 Å². The largest absolute Gasteiger partial charge is 0.478 e. The Balaban J connectivity index is 2.40. The molecule has 0 atom stereocenters. The summed E-state index contributed by atoms with van der Waals surface area (Å²) in [5, 5.41) is 12.0. The Bertz CT molecular complexity index is 604. The van der Waals surface area contributed by atoms with E-state index in [4.69, 9.17) is 16.7 Å². The average molecular weight is 267 g/mol. The van der Waals surface area contributed by atoms with Crippen molar-refractivity contribution in [3.05, 3.63) is 53.1 Å². The molecule has 0 bridgehead atoms. The molecule has 6 heteroatoms. The lowest BCUT2D eigenvalue weighted by atomic mass is 10.2. The van der Waals surface area contributed by atoms with E-state index in [9.17, 15) is 9.18 Å². The van der Waals surface area contributed by atoms with Crippen LogP contribution in [0.15, 0.2) is 36.7 Å². The first kappa shape index (κ1) is 12.3. The van der Waals surface area contributed by atoms with Gasteiger partial charge in [0.1, 0.15) is 5.82 Å². The number of aromatic nitrogens is 1. The van der Waals surface area contributed by atoms with Crippen LogP contribution in [0.5, 0.6) is 0 Å². The Morgan fingerprint density at radius 2 is 2.11 bits per heavy atom. The second-order valence-electron chi connectivity index (χ2n) is 3.48. The van der Waals surface area contributed by atoms with Crippen LogP contribution in [0.25, 0.3) is 0 Å². The SMILES string of the molecule is O=C(O)c1ccncc1Nc1cc(F)ccc1Cl. The smallest absolute Gasteiger partial charge is 0.337 e. The molecule has 2 aromatic rings. The molecule has 2 N–H and O–H groups in total. The van der Waals surface area contributed by atoms with Crippen LogP contribution in [-0.2, 0) is 0 Å². The van der Waals surface area contributed by atoms with Crippen LogP contribution >= 0.6 is 11.6 Å². The molecule has 0 radical (unpaired) electrons. The van der Waals surface area contributed by atoms with Crippen LogP contribution in [0.1, 0.15) is 10.4 Å². The quantitative estimate of drug-likeness (QED) is 0.895. The third-order valence-corrected chi connectivity index (χ3v) is 2.58. The fraction of sp³-hybridized carbons (Fsp3) is 0. The lowest BCUT2D eigenvalue weighted by molar-refractivity contribution is 0.0698. The number of nitrogens with one attached hydrogen (secondary N) is 1. The third-order valence-electron chi connectivity index (χ3n) is 2.25.